The number of rotatable bonds is 3. The minimum absolute atomic E-state index is 0.0636. The molecule has 0 aromatic heterocycles. The zero-order valence-corrected chi connectivity index (χ0v) is 18.7. The second-order valence-electron chi connectivity index (χ2n) is 9.23. The number of carbonyl (C=O) groups excluding carboxylic acids is 2. The Kier molecular flexibility index (Phi) is 5.41. The number of likely N-dealkylation sites (tertiary alicyclic amines) is 1. The smallest absolute Gasteiger partial charge is 0.176 e. The van der Waals surface area contributed by atoms with Crippen LogP contribution in [0.3, 0.4) is 0 Å². The van der Waals surface area contributed by atoms with Crippen LogP contribution < -0.4 is 14.2 Å². The Labute approximate surface area is 188 Å². The van der Waals surface area contributed by atoms with Gasteiger partial charge in [0, 0.05) is 37.9 Å². The molecule has 1 spiro atoms. The molecule has 0 amide bonds. The SMILES string of the molecule is Cc1cc2c(cc1C)C(=O)CC1(CCN(CC(=O)c3ccc4c(c3)OCCCO4)CC1)O2. The number of hydrogen-bond acceptors (Lipinski definition) is 6. The lowest BCUT2D eigenvalue weighted by molar-refractivity contribution is -0.00807. The van der Waals surface area contributed by atoms with Crippen LogP contribution in [0.25, 0.3) is 0 Å². The summed E-state index contributed by atoms with van der Waals surface area (Å²) in [5.74, 6) is 2.27. The molecule has 0 N–H and O–H groups in total. The molecule has 0 aliphatic carbocycles. The molecular weight excluding hydrogens is 406 g/mol. The monoisotopic (exact) mass is 435 g/mol. The maximum absolute atomic E-state index is 12.9. The van der Waals surface area contributed by atoms with E-state index >= 15 is 0 Å². The molecule has 1 saturated heterocycles. The van der Waals surface area contributed by atoms with Gasteiger partial charge in [-0.3, -0.25) is 14.5 Å². The first-order valence-corrected chi connectivity index (χ1v) is 11.4. The van der Waals surface area contributed by atoms with Crippen molar-refractivity contribution >= 4 is 11.6 Å². The van der Waals surface area contributed by atoms with Crippen LogP contribution in [0.1, 0.15) is 57.5 Å². The van der Waals surface area contributed by atoms with Crippen molar-refractivity contribution in [1.82, 2.24) is 4.90 Å². The number of aryl methyl sites for hydroxylation is 2. The highest BCUT2D eigenvalue weighted by molar-refractivity contribution is 6.01. The summed E-state index contributed by atoms with van der Waals surface area (Å²) >= 11 is 0. The Morgan fingerprint density at radius 3 is 2.47 bits per heavy atom. The maximum Gasteiger partial charge on any atom is 0.176 e. The highest BCUT2D eigenvalue weighted by Crippen LogP contribution is 2.40. The number of fused-ring (bicyclic) bond motifs is 2. The molecule has 0 saturated carbocycles. The third kappa shape index (κ3) is 3.99. The summed E-state index contributed by atoms with van der Waals surface area (Å²) in [5, 5.41) is 0. The molecule has 5 rings (SSSR count). The van der Waals surface area contributed by atoms with E-state index in [0.717, 1.165) is 43.5 Å². The van der Waals surface area contributed by atoms with Gasteiger partial charge in [0.05, 0.1) is 31.7 Å². The van der Waals surface area contributed by atoms with Gasteiger partial charge in [-0.1, -0.05) is 0 Å². The molecule has 2 aromatic carbocycles. The molecular formula is C26H29NO5. The summed E-state index contributed by atoms with van der Waals surface area (Å²) in [6.07, 6.45) is 2.72. The minimum Gasteiger partial charge on any atom is -0.490 e. The Morgan fingerprint density at radius 1 is 0.969 bits per heavy atom. The normalized spacial score (nSPS) is 19.8. The molecule has 0 bridgehead atoms. The van der Waals surface area contributed by atoms with Gasteiger partial charge in [-0.25, -0.2) is 0 Å². The number of hydrogen-bond donors (Lipinski definition) is 0. The average Bonchev–Trinajstić information content (AvgIpc) is 3.02. The summed E-state index contributed by atoms with van der Waals surface area (Å²) in [4.78, 5) is 27.9. The molecule has 3 aliphatic heterocycles. The third-order valence-corrected chi connectivity index (χ3v) is 6.91. The average molecular weight is 436 g/mol. The lowest BCUT2D eigenvalue weighted by Gasteiger charge is -2.44. The van der Waals surface area contributed by atoms with Gasteiger partial charge in [-0.05, 0) is 55.3 Å². The van der Waals surface area contributed by atoms with Crippen LogP contribution in [0.15, 0.2) is 30.3 Å². The first kappa shape index (κ1) is 21.0. The molecule has 32 heavy (non-hydrogen) atoms. The first-order valence-electron chi connectivity index (χ1n) is 11.4. The van der Waals surface area contributed by atoms with Gasteiger partial charge in [0.1, 0.15) is 11.4 Å². The van der Waals surface area contributed by atoms with Crippen molar-refractivity contribution in [3.63, 3.8) is 0 Å². The second kappa shape index (κ2) is 8.24. The molecule has 6 heteroatoms. The predicted octanol–water partition coefficient (Wildman–Crippen LogP) is 4.15. The van der Waals surface area contributed by atoms with Crippen LogP contribution in [-0.4, -0.2) is 54.9 Å². The van der Waals surface area contributed by atoms with Gasteiger partial charge >= 0.3 is 0 Å². The van der Waals surface area contributed by atoms with E-state index < -0.39 is 5.60 Å². The van der Waals surface area contributed by atoms with Crippen LogP contribution >= 0.6 is 0 Å². The maximum atomic E-state index is 12.9. The topological polar surface area (TPSA) is 65.1 Å². The zero-order chi connectivity index (χ0) is 22.3. The van der Waals surface area contributed by atoms with E-state index in [1.807, 2.05) is 38.1 Å². The van der Waals surface area contributed by atoms with E-state index in [9.17, 15) is 9.59 Å². The minimum atomic E-state index is -0.458. The second-order valence-corrected chi connectivity index (χ2v) is 9.23. The van der Waals surface area contributed by atoms with Crippen LogP contribution in [0.5, 0.6) is 17.2 Å². The Balaban J connectivity index is 1.23. The van der Waals surface area contributed by atoms with Crippen molar-refractivity contribution in [2.45, 2.75) is 45.1 Å². The van der Waals surface area contributed by atoms with E-state index in [2.05, 4.69) is 4.90 Å². The third-order valence-electron chi connectivity index (χ3n) is 6.91. The Hall–Kier alpha value is -2.86. The highest BCUT2D eigenvalue weighted by atomic mass is 16.5. The van der Waals surface area contributed by atoms with Crippen molar-refractivity contribution in [3.05, 3.63) is 52.6 Å². The van der Waals surface area contributed by atoms with E-state index in [0.29, 0.717) is 54.6 Å². The largest absolute Gasteiger partial charge is 0.490 e. The molecule has 0 radical (unpaired) electrons. The van der Waals surface area contributed by atoms with Crippen molar-refractivity contribution < 1.29 is 23.8 Å². The van der Waals surface area contributed by atoms with Gasteiger partial charge in [0.25, 0.3) is 0 Å². The number of ether oxygens (including phenoxy) is 3. The van der Waals surface area contributed by atoms with E-state index in [1.165, 1.54) is 0 Å². The van der Waals surface area contributed by atoms with Crippen molar-refractivity contribution in [1.29, 1.82) is 0 Å². The van der Waals surface area contributed by atoms with Gasteiger partial charge in [0.15, 0.2) is 23.1 Å². The summed E-state index contributed by atoms with van der Waals surface area (Å²) in [7, 11) is 0. The van der Waals surface area contributed by atoms with Crippen molar-refractivity contribution in [3.8, 4) is 17.2 Å². The van der Waals surface area contributed by atoms with Crippen molar-refractivity contribution in [2.75, 3.05) is 32.8 Å². The summed E-state index contributed by atoms with van der Waals surface area (Å²) in [6, 6.07) is 9.36. The van der Waals surface area contributed by atoms with E-state index in [-0.39, 0.29) is 11.6 Å². The fourth-order valence-corrected chi connectivity index (χ4v) is 4.78. The standard InChI is InChI=1S/C26H29NO5/c1-17-12-20-21(28)15-26(32-24(20)13-18(17)2)6-8-27(9-7-26)16-22(29)19-4-5-23-25(14-19)31-11-3-10-30-23/h4-5,12-14H,3,6-11,15-16H2,1-2H3. The molecule has 168 valence electrons. The molecule has 3 aliphatic rings. The summed E-state index contributed by atoms with van der Waals surface area (Å²) in [5.41, 5.74) is 3.12. The number of benzene rings is 2. The lowest BCUT2D eigenvalue weighted by atomic mass is 9.82. The van der Waals surface area contributed by atoms with Crippen LogP contribution in [0.4, 0.5) is 0 Å². The van der Waals surface area contributed by atoms with Crippen LogP contribution in [0, 0.1) is 13.8 Å². The fourth-order valence-electron chi connectivity index (χ4n) is 4.78. The lowest BCUT2D eigenvalue weighted by Crippen LogP contribution is -2.51. The number of Topliss-reactive ketones (excluding diaryl/α,β-unsaturated/α-hetero) is 2. The number of ketones is 2. The summed E-state index contributed by atoms with van der Waals surface area (Å²) in [6.45, 7) is 7.08. The van der Waals surface area contributed by atoms with Crippen LogP contribution in [0.2, 0.25) is 0 Å². The number of carbonyl (C=O) groups is 2. The van der Waals surface area contributed by atoms with Gasteiger partial charge in [-0.2, -0.15) is 0 Å². The first-order chi connectivity index (χ1) is 15.4. The highest BCUT2D eigenvalue weighted by Gasteiger charge is 2.43. The number of nitrogens with zero attached hydrogens (tertiary/aromatic N) is 1. The van der Waals surface area contributed by atoms with Gasteiger partial charge in [-0.15, -0.1) is 0 Å². The predicted molar refractivity (Wildman–Crippen MR) is 120 cm³/mol. The Morgan fingerprint density at radius 2 is 1.69 bits per heavy atom. The fraction of sp³-hybridized carbons (Fsp3) is 0.462. The van der Waals surface area contributed by atoms with E-state index in [4.69, 9.17) is 14.2 Å². The molecule has 0 atom stereocenters. The van der Waals surface area contributed by atoms with Gasteiger partial charge < -0.3 is 14.2 Å². The molecule has 6 nitrogen and oxygen atoms in total. The molecule has 3 heterocycles. The summed E-state index contributed by atoms with van der Waals surface area (Å²) < 4.78 is 17.8. The Bertz CT molecular complexity index is 1070. The molecule has 2 aromatic rings. The zero-order valence-electron chi connectivity index (χ0n) is 18.7. The molecule has 0 unspecified atom stereocenters. The van der Waals surface area contributed by atoms with Crippen LogP contribution in [-0.2, 0) is 0 Å². The van der Waals surface area contributed by atoms with Crippen molar-refractivity contribution in [2.24, 2.45) is 0 Å². The van der Waals surface area contributed by atoms with E-state index in [1.54, 1.807) is 6.07 Å². The van der Waals surface area contributed by atoms with Gasteiger partial charge in [0.2, 0.25) is 0 Å². The molecule has 1 fully saturated rings. The quantitative estimate of drug-likeness (QED) is 0.675. The number of piperidine rings is 1.